The molecule has 0 aromatic heterocycles. The minimum absolute atomic E-state index is 0.160. The highest BCUT2D eigenvalue weighted by Gasteiger charge is 2.06. The van der Waals surface area contributed by atoms with Gasteiger partial charge >= 0.3 is 5.97 Å². The summed E-state index contributed by atoms with van der Waals surface area (Å²) in [6.45, 7) is 2.25. The van der Waals surface area contributed by atoms with Crippen LogP contribution in [-0.4, -0.2) is 16.2 Å². The highest BCUT2D eigenvalue weighted by atomic mass is 16.4. The number of aromatic hydroxyl groups is 1. The van der Waals surface area contributed by atoms with Gasteiger partial charge in [0.2, 0.25) is 0 Å². The van der Waals surface area contributed by atoms with Crippen LogP contribution in [0.3, 0.4) is 0 Å². The van der Waals surface area contributed by atoms with Gasteiger partial charge in [0.05, 0.1) is 5.56 Å². The molecule has 24 heavy (non-hydrogen) atoms. The monoisotopic (exact) mass is 332 g/mol. The number of carboxylic acid groups (broad SMARTS) is 1. The predicted octanol–water partition coefficient (Wildman–Crippen LogP) is 6.11. The zero-order valence-corrected chi connectivity index (χ0v) is 15.0. The molecule has 1 aromatic carbocycles. The number of hydrogen-bond donors (Lipinski definition) is 2. The van der Waals surface area contributed by atoms with E-state index in [1.165, 1.54) is 69.9 Å². The first-order valence-electron chi connectivity index (χ1n) is 9.35. The maximum absolute atomic E-state index is 10.9. The SMILES string of the molecule is CCCCCCCCCCCC=CCc1cc(C(=O)O)ccc1O. The number of phenolic OH excluding ortho intramolecular Hbond substituents is 1. The number of carbonyl (C=O) groups is 1. The highest BCUT2D eigenvalue weighted by molar-refractivity contribution is 5.88. The number of rotatable bonds is 13. The van der Waals surface area contributed by atoms with Gasteiger partial charge < -0.3 is 10.2 Å². The van der Waals surface area contributed by atoms with Crippen LogP contribution in [0.15, 0.2) is 30.4 Å². The summed E-state index contributed by atoms with van der Waals surface area (Å²) in [5, 5.41) is 18.7. The normalized spacial score (nSPS) is 11.2. The smallest absolute Gasteiger partial charge is 0.335 e. The van der Waals surface area contributed by atoms with E-state index in [4.69, 9.17) is 5.11 Å². The molecule has 134 valence electrons. The van der Waals surface area contributed by atoms with Crippen molar-refractivity contribution in [2.24, 2.45) is 0 Å². The summed E-state index contributed by atoms with van der Waals surface area (Å²) in [4.78, 5) is 10.9. The van der Waals surface area contributed by atoms with Crippen LogP contribution in [0.2, 0.25) is 0 Å². The number of carboxylic acids is 1. The molecule has 1 aromatic rings. The van der Waals surface area contributed by atoms with E-state index < -0.39 is 5.97 Å². The lowest BCUT2D eigenvalue weighted by molar-refractivity contribution is 0.0696. The van der Waals surface area contributed by atoms with Crippen LogP contribution in [0.25, 0.3) is 0 Å². The molecule has 0 aliphatic heterocycles. The van der Waals surface area contributed by atoms with E-state index in [1.807, 2.05) is 6.08 Å². The molecule has 0 spiro atoms. The Morgan fingerprint density at radius 1 is 0.958 bits per heavy atom. The molecule has 0 fully saturated rings. The largest absolute Gasteiger partial charge is 0.508 e. The molecule has 1 rings (SSSR count). The molecule has 0 amide bonds. The number of allylic oxidation sites excluding steroid dienone is 2. The second-order valence-corrected chi connectivity index (χ2v) is 6.44. The summed E-state index contributed by atoms with van der Waals surface area (Å²) < 4.78 is 0. The molecular weight excluding hydrogens is 300 g/mol. The minimum Gasteiger partial charge on any atom is -0.508 e. The predicted molar refractivity (Wildman–Crippen MR) is 99.8 cm³/mol. The third-order valence-electron chi connectivity index (χ3n) is 4.31. The van der Waals surface area contributed by atoms with E-state index in [-0.39, 0.29) is 11.3 Å². The molecule has 0 bridgehead atoms. The van der Waals surface area contributed by atoms with Gasteiger partial charge in [-0.1, -0.05) is 70.4 Å². The summed E-state index contributed by atoms with van der Waals surface area (Å²) in [5.41, 5.74) is 0.883. The number of unbranched alkanes of at least 4 members (excludes halogenated alkanes) is 9. The molecule has 0 aliphatic rings. The van der Waals surface area contributed by atoms with Gasteiger partial charge in [0, 0.05) is 0 Å². The molecule has 0 aliphatic carbocycles. The lowest BCUT2D eigenvalue weighted by atomic mass is 10.0. The maximum atomic E-state index is 10.9. The van der Waals surface area contributed by atoms with Crippen molar-refractivity contribution in [3.8, 4) is 5.75 Å². The molecule has 0 unspecified atom stereocenters. The van der Waals surface area contributed by atoms with E-state index in [0.717, 1.165) is 6.42 Å². The number of aromatic carboxylic acids is 1. The summed E-state index contributed by atoms with van der Waals surface area (Å²) in [5.74, 6) is -0.803. The van der Waals surface area contributed by atoms with Gasteiger partial charge in [-0.05, 0) is 43.0 Å². The van der Waals surface area contributed by atoms with E-state index in [9.17, 15) is 9.90 Å². The fourth-order valence-electron chi connectivity index (χ4n) is 2.78. The number of benzene rings is 1. The zero-order valence-electron chi connectivity index (χ0n) is 15.0. The number of hydrogen-bond acceptors (Lipinski definition) is 2. The summed E-state index contributed by atoms with van der Waals surface area (Å²) in [7, 11) is 0. The van der Waals surface area contributed by atoms with Crippen LogP contribution in [0.5, 0.6) is 5.75 Å². The van der Waals surface area contributed by atoms with Crippen LogP contribution in [0, 0.1) is 0 Å². The Bertz CT molecular complexity index is 506. The first-order chi connectivity index (χ1) is 11.6. The van der Waals surface area contributed by atoms with Crippen molar-refractivity contribution in [3.63, 3.8) is 0 Å². The quantitative estimate of drug-likeness (QED) is 0.338. The second kappa shape index (κ2) is 12.6. The van der Waals surface area contributed by atoms with E-state index in [1.54, 1.807) is 6.07 Å². The van der Waals surface area contributed by atoms with Gasteiger partial charge in [-0.15, -0.1) is 0 Å². The van der Waals surface area contributed by atoms with Gasteiger partial charge in [-0.25, -0.2) is 4.79 Å². The average molecular weight is 332 g/mol. The van der Waals surface area contributed by atoms with Crippen molar-refractivity contribution in [1.29, 1.82) is 0 Å². The molecule has 0 saturated heterocycles. The topological polar surface area (TPSA) is 57.5 Å². The minimum atomic E-state index is -0.963. The van der Waals surface area contributed by atoms with Gasteiger partial charge in [0.1, 0.15) is 5.75 Å². The lowest BCUT2D eigenvalue weighted by Crippen LogP contribution is -1.97. The third kappa shape index (κ3) is 8.76. The second-order valence-electron chi connectivity index (χ2n) is 6.44. The molecular formula is C21H32O3. The molecule has 0 saturated carbocycles. The van der Waals surface area contributed by atoms with Crippen LogP contribution in [0.1, 0.15) is 87.1 Å². The first-order valence-corrected chi connectivity index (χ1v) is 9.35. The molecule has 3 heteroatoms. The van der Waals surface area contributed by atoms with E-state index in [2.05, 4.69) is 13.0 Å². The van der Waals surface area contributed by atoms with Crippen molar-refractivity contribution in [2.75, 3.05) is 0 Å². The Balaban J connectivity index is 2.12. The van der Waals surface area contributed by atoms with Gasteiger partial charge in [-0.2, -0.15) is 0 Å². The Morgan fingerprint density at radius 2 is 1.58 bits per heavy atom. The Morgan fingerprint density at radius 3 is 2.21 bits per heavy atom. The van der Waals surface area contributed by atoms with Crippen molar-refractivity contribution in [2.45, 2.75) is 77.6 Å². The van der Waals surface area contributed by atoms with Crippen LogP contribution in [0.4, 0.5) is 0 Å². The summed E-state index contributed by atoms with van der Waals surface area (Å²) in [6.07, 6.45) is 17.7. The molecule has 3 nitrogen and oxygen atoms in total. The molecule has 2 N–H and O–H groups in total. The van der Waals surface area contributed by atoms with E-state index >= 15 is 0 Å². The van der Waals surface area contributed by atoms with Crippen molar-refractivity contribution in [1.82, 2.24) is 0 Å². The van der Waals surface area contributed by atoms with Crippen LogP contribution >= 0.6 is 0 Å². The fraction of sp³-hybridized carbons (Fsp3) is 0.571. The van der Waals surface area contributed by atoms with Gasteiger partial charge in [0.15, 0.2) is 0 Å². The molecule has 0 radical (unpaired) electrons. The van der Waals surface area contributed by atoms with Crippen LogP contribution < -0.4 is 0 Å². The van der Waals surface area contributed by atoms with Crippen molar-refractivity contribution >= 4 is 5.97 Å². The highest BCUT2D eigenvalue weighted by Crippen LogP contribution is 2.19. The van der Waals surface area contributed by atoms with Crippen molar-refractivity contribution in [3.05, 3.63) is 41.5 Å². The Hall–Kier alpha value is -1.77. The van der Waals surface area contributed by atoms with Gasteiger partial charge in [0.25, 0.3) is 0 Å². The lowest BCUT2D eigenvalue weighted by Gasteiger charge is -2.03. The van der Waals surface area contributed by atoms with Crippen LogP contribution in [-0.2, 0) is 6.42 Å². The Kier molecular flexibility index (Phi) is 10.7. The number of phenols is 1. The summed E-state index contributed by atoms with van der Waals surface area (Å²) in [6, 6.07) is 4.42. The van der Waals surface area contributed by atoms with Crippen molar-refractivity contribution < 1.29 is 15.0 Å². The average Bonchev–Trinajstić information content (AvgIpc) is 2.57. The van der Waals surface area contributed by atoms with E-state index in [0.29, 0.717) is 12.0 Å². The summed E-state index contributed by atoms with van der Waals surface area (Å²) >= 11 is 0. The standard InChI is InChI=1S/C21H32O3/c1-2-3-4-5-6-7-8-9-10-11-12-13-14-18-17-19(21(23)24)15-16-20(18)22/h12-13,15-17,22H,2-11,14H2,1H3,(H,23,24). The Labute approximate surface area is 146 Å². The fourth-order valence-corrected chi connectivity index (χ4v) is 2.78. The zero-order chi connectivity index (χ0) is 17.6. The molecule has 0 atom stereocenters. The third-order valence-corrected chi connectivity index (χ3v) is 4.31. The first kappa shape index (κ1) is 20.3. The molecule has 0 heterocycles. The van der Waals surface area contributed by atoms with Gasteiger partial charge in [-0.3, -0.25) is 0 Å². The maximum Gasteiger partial charge on any atom is 0.335 e.